The third-order valence-corrected chi connectivity index (χ3v) is 2.28. The van der Waals surface area contributed by atoms with Crippen molar-refractivity contribution in [2.75, 3.05) is 13.7 Å². The van der Waals surface area contributed by atoms with Gasteiger partial charge in [-0.2, -0.15) is 4.98 Å². The molecule has 2 N–H and O–H groups in total. The summed E-state index contributed by atoms with van der Waals surface area (Å²) in [6.45, 7) is 2.68. The number of nitrogens with zero attached hydrogens (tertiary/aromatic N) is 2. The summed E-state index contributed by atoms with van der Waals surface area (Å²) in [4.78, 5) is 4.27. The molecule has 1 heterocycles. The summed E-state index contributed by atoms with van der Waals surface area (Å²) in [5.74, 6) is 1.44. The molecule has 0 aliphatic carbocycles. The highest BCUT2D eigenvalue weighted by atomic mass is 16.5. The standard InChI is InChI=1S/C10H19N3O2/c1-8(14-2)5-6-10-12-9(13-15-10)4-3-7-11/h8H,3-7,11H2,1-2H3. The lowest BCUT2D eigenvalue weighted by atomic mass is 10.2. The molecule has 0 aliphatic heterocycles. The maximum atomic E-state index is 5.40. The van der Waals surface area contributed by atoms with E-state index >= 15 is 0 Å². The Bertz CT molecular complexity index is 275. The summed E-state index contributed by atoms with van der Waals surface area (Å²) in [5, 5.41) is 3.87. The van der Waals surface area contributed by atoms with E-state index in [2.05, 4.69) is 10.1 Å². The number of hydrogen-bond acceptors (Lipinski definition) is 5. The van der Waals surface area contributed by atoms with Gasteiger partial charge in [-0.25, -0.2) is 0 Å². The van der Waals surface area contributed by atoms with Gasteiger partial charge in [0.15, 0.2) is 5.82 Å². The largest absolute Gasteiger partial charge is 0.382 e. The highest BCUT2D eigenvalue weighted by Gasteiger charge is 2.07. The van der Waals surface area contributed by atoms with Crippen LogP contribution in [0.2, 0.25) is 0 Å². The SMILES string of the molecule is COC(C)CCc1nc(CCCN)no1. The van der Waals surface area contributed by atoms with Gasteiger partial charge in [-0.1, -0.05) is 5.16 Å². The minimum absolute atomic E-state index is 0.226. The average molecular weight is 213 g/mol. The van der Waals surface area contributed by atoms with Crippen LogP contribution in [-0.2, 0) is 17.6 Å². The van der Waals surface area contributed by atoms with Gasteiger partial charge in [-0.15, -0.1) is 0 Å². The van der Waals surface area contributed by atoms with Crippen LogP contribution in [0.15, 0.2) is 4.52 Å². The molecule has 0 aromatic carbocycles. The monoisotopic (exact) mass is 213 g/mol. The minimum Gasteiger partial charge on any atom is -0.382 e. The molecule has 1 rings (SSSR count). The Morgan fingerprint density at radius 1 is 1.47 bits per heavy atom. The Balaban J connectivity index is 2.32. The fraction of sp³-hybridized carbons (Fsp3) is 0.800. The summed E-state index contributed by atoms with van der Waals surface area (Å²) in [6, 6.07) is 0. The minimum atomic E-state index is 0.226. The summed E-state index contributed by atoms with van der Waals surface area (Å²) in [5.41, 5.74) is 5.40. The molecule has 0 bridgehead atoms. The topological polar surface area (TPSA) is 74.2 Å². The number of aromatic nitrogens is 2. The van der Waals surface area contributed by atoms with Crippen molar-refractivity contribution in [3.8, 4) is 0 Å². The maximum Gasteiger partial charge on any atom is 0.226 e. The zero-order chi connectivity index (χ0) is 11.1. The van der Waals surface area contributed by atoms with E-state index in [4.69, 9.17) is 15.0 Å². The third kappa shape index (κ3) is 4.40. The van der Waals surface area contributed by atoms with Gasteiger partial charge in [-0.3, -0.25) is 0 Å². The predicted octanol–water partition coefficient (Wildman–Crippen LogP) is 0.928. The average Bonchev–Trinajstić information content (AvgIpc) is 2.71. The molecule has 0 saturated heterocycles. The van der Waals surface area contributed by atoms with Crippen LogP contribution >= 0.6 is 0 Å². The second-order valence-corrected chi connectivity index (χ2v) is 3.58. The lowest BCUT2D eigenvalue weighted by Gasteiger charge is -2.05. The van der Waals surface area contributed by atoms with E-state index in [1.165, 1.54) is 0 Å². The van der Waals surface area contributed by atoms with Crippen molar-refractivity contribution in [2.24, 2.45) is 5.73 Å². The molecule has 0 saturated carbocycles. The molecule has 0 amide bonds. The molecule has 1 atom stereocenters. The van der Waals surface area contributed by atoms with Gasteiger partial charge in [0.1, 0.15) is 0 Å². The smallest absolute Gasteiger partial charge is 0.226 e. The predicted molar refractivity (Wildman–Crippen MR) is 56.5 cm³/mol. The zero-order valence-corrected chi connectivity index (χ0v) is 9.40. The number of nitrogens with two attached hydrogens (primary N) is 1. The van der Waals surface area contributed by atoms with E-state index in [-0.39, 0.29) is 6.10 Å². The van der Waals surface area contributed by atoms with Gasteiger partial charge in [-0.05, 0) is 26.3 Å². The van der Waals surface area contributed by atoms with Crippen LogP contribution in [-0.4, -0.2) is 29.9 Å². The van der Waals surface area contributed by atoms with Crippen LogP contribution < -0.4 is 5.73 Å². The molecule has 0 radical (unpaired) electrons. The third-order valence-electron chi connectivity index (χ3n) is 2.28. The van der Waals surface area contributed by atoms with Gasteiger partial charge in [0.2, 0.25) is 5.89 Å². The first-order valence-corrected chi connectivity index (χ1v) is 5.30. The van der Waals surface area contributed by atoms with E-state index in [1.54, 1.807) is 7.11 Å². The van der Waals surface area contributed by atoms with Crippen LogP contribution in [0.25, 0.3) is 0 Å². The van der Waals surface area contributed by atoms with Crippen molar-refractivity contribution in [3.05, 3.63) is 11.7 Å². The van der Waals surface area contributed by atoms with Crippen molar-refractivity contribution >= 4 is 0 Å². The molecule has 86 valence electrons. The fourth-order valence-electron chi connectivity index (χ4n) is 1.20. The number of rotatable bonds is 7. The molecule has 1 unspecified atom stereocenters. The molecule has 0 spiro atoms. The number of ether oxygens (including phenoxy) is 1. The second-order valence-electron chi connectivity index (χ2n) is 3.58. The molecule has 15 heavy (non-hydrogen) atoms. The Kier molecular flexibility index (Phi) is 5.28. The van der Waals surface area contributed by atoms with Gasteiger partial charge >= 0.3 is 0 Å². The Hall–Kier alpha value is -0.940. The highest BCUT2D eigenvalue weighted by Crippen LogP contribution is 2.06. The zero-order valence-electron chi connectivity index (χ0n) is 9.40. The van der Waals surface area contributed by atoms with Crippen LogP contribution in [0.4, 0.5) is 0 Å². The molecule has 0 fully saturated rings. The van der Waals surface area contributed by atoms with Crippen LogP contribution in [0, 0.1) is 0 Å². The molecule has 5 heteroatoms. The van der Waals surface area contributed by atoms with Crippen LogP contribution in [0.1, 0.15) is 31.5 Å². The number of aryl methyl sites for hydroxylation is 2. The van der Waals surface area contributed by atoms with Crippen LogP contribution in [0.3, 0.4) is 0 Å². The van der Waals surface area contributed by atoms with Crippen molar-refractivity contribution in [1.29, 1.82) is 0 Å². The summed E-state index contributed by atoms with van der Waals surface area (Å²) >= 11 is 0. The van der Waals surface area contributed by atoms with E-state index in [9.17, 15) is 0 Å². The maximum absolute atomic E-state index is 5.40. The van der Waals surface area contributed by atoms with E-state index in [0.717, 1.165) is 31.5 Å². The van der Waals surface area contributed by atoms with Gasteiger partial charge < -0.3 is 15.0 Å². The molecule has 1 aromatic heterocycles. The van der Waals surface area contributed by atoms with E-state index < -0.39 is 0 Å². The first kappa shape index (κ1) is 12.1. The van der Waals surface area contributed by atoms with Gasteiger partial charge in [0, 0.05) is 20.0 Å². The molecular formula is C10H19N3O2. The highest BCUT2D eigenvalue weighted by molar-refractivity contribution is 4.87. The van der Waals surface area contributed by atoms with Gasteiger partial charge in [0.25, 0.3) is 0 Å². The molecule has 5 nitrogen and oxygen atoms in total. The number of hydrogen-bond donors (Lipinski definition) is 1. The van der Waals surface area contributed by atoms with Crippen molar-refractivity contribution in [1.82, 2.24) is 10.1 Å². The quantitative estimate of drug-likeness (QED) is 0.729. The van der Waals surface area contributed by atoms with Crippen molar-refractivity contribution in [2.45, 2.75) is 38.7 Å². The lowest BCUT2D eigenvalue weighted by molar-refractivity contribution is 0.109. The first-order chi connectivity index (χ1) is 7.26. The normalized spacial score (nSPS) is 13.0. The van der Waals surface area contributed by atoms with Gasteiger partial charge in [0.05, 0.1) is 6.10 Å². The molecule has 0 aliphatic rings. The second kappa shape index (κ2) is 6.53. The summed E-state index contributed by atoms with van der Waals surface area (Å²) in [7, 11) is 1.70. The fourth-order valence-corrected chi connectivity index (χ4v) is 1.20. The van der Waals surface area contributed by atoms with E-state index in [1.807, 2.05) is 6.92 Å². The Morgan fingerprint density at radius 2 is 2.27 bits per heavy atom. The Morgan fingerprint density at radius 3 is 2.93 bits per heavy atom. The Labute approximate surface area is 90.0 Å². The van der Waals surface area contributed by atoms with E-state index in [0.29, 0.717) is 12.4 Å². The van der Waals surface area contributed by atoms with Crippen molar-refractivity contribution in [3.63, 3.8) is 0 Å². The molecular weight excluding hydrogens is 194 g/mol. The number of methoxy groups -OCH3 is 1. The summed E-state index contributed by atoms with van der Waals surface area (Å²) < 4.78 is 10.2. The van der Waals surface area contributed by atoms with Crippen molar-refractivity contribution < 1.29 is 9.26 Å². The first-order valence-electron chi connectivity index (χ1n) is 5.30. The summed E-state index contributed by atoms with van der Waals surface area (Å²) in [6.07, 6.45) is 3.58. The molecule has 1 aromatic rings. The lowest BCUT2D eigenvalue weighted by Crippen LogP contribution is -2.06. The van der Waals surface area contributed by atoms with Crippen LogP contribution in [0.5, 0.6) is 0 Å².